The van der Waals surface area contributed by atoms with Crippen LogP contribution in [0.25, 0.3) is 99.1 Å². The van der Waals surface area contributed by atoms with Crippen molar-refractivity contribution in [2.45, 2.75) is 25.7 Å². The van der Waals surface area contributed by atoms with Gasteiger partial charge in [-0.2, -0.15) is 0 Å². The van der Waals surface area contributed by atoms with Crippen LogP contribution in [0.2, 0.25) is 0 Å². The van der Waals surface area contributed by atoms with Crippen LogP contribution in [0.3, 0.4) is 0 Å². The molecule has 0 unspecified atom stereocenters. The summed E-state index contributed by atoms with van der Waals surface area (Å²) in [4.78, 5) is 0. The third kappa shape index (κ3) is 4.69. The fourth-order valence-electron chi connectivity index (χ4n) is 10.9. The maximum absolute atomic E-state index is 2.44. The SMILES string of the molecule is CC1(C)c2c(-c3cccc(-c4c5ccccc5c(-c5ccccc5-c5cccc6c5Cc5ccccc5-6)c5ccccc45)c3)cccc2-c2ccc3ccccc3c21. The molecule has 10 aromatic rings. The van der Waals surface area contributed by atoms with E-state index in [1.807, 2.05) is 0 Å². The third-order valence-electron chi connectivity index (χ3n) is 13.3. The first-order valence-corrected chi connectivity index (χ1v) is 20.6. The number of benzene rings is 10. The Kier molecular flexibility index (Phi) is 7.14. The van der Waals surface area contributed by atoms with Crippen LogP contribution in [0, 0.1) is 0 Å². The summed E-state index contributed by atoms with van der Waals surface area (Å²) < 4.78 is 0. The molecule has 0 nitrogen and oxygen atoms in total. The summed E-state index contributed by atoms with van der Waals surface area (Å²) in [6, 6.07) is 72.7. The molecule has 58 heavy (non-hydrogen) atoms. The van der Waals surface area contributed by atoms with Crippen LogP contribution in [-0.2, 0) is 11.8 Å². The number of rotatable bonds is 4. The summed E-state index contributed by atoms with van der Waals surface area (Å²) in [5.41, 5.74) is 21.2. The van der Waals surface area contributed by atoms with Gasteiger partial charge in [0.25, 0.3) is 0 Å². The van der Waals surface area contributed by atoms with Crippen molar-refractivity contribution in [2.24, 2.45) is 0 Å². The van der Waals surface area contributed by atoms with Gasteiger partial charge in [-0.25, -0.2) is 0 Å². The Morgan fingerprint density at radius 3 is 1.57 bits per heavy atom. The fraction of sp³-hybridized carbons (Fsp3) is 0.0690. The highest BCUT2D eigenvalue weighted by Crippen LogP contribution is 2.55. The number of hydrogen-bond acceptors (Lipinski definition) is 0. The highest BCUT2D eigenvalue weighted by molar-refractivity contribution is 6.22. The van der Waals surface area contributed by atoms with Gasteiger partial charge in [0.1, 0.15) is 0 Å². The van der Waals surface area contributed by atoms with E-state index in [1.165, 1.54) is 121 Å². The molecule has 0 atom stereocenters. The van der Waals surface area contributed by atoms with E-state index in [0.29, 0.717) is 0 Å². The molecule has 0 heteroatoms. The molecule has 0 fully saturated rings. The van der Waals surface area contributed by atoms with Crippen molar-refractivity contribution >= 4 is 32.3 Å². The van der Waals surface area contributed by atoms with Crippen molar-refractivity contribution in [3.63, 3.8) is 0 Å². The predicted molar refractivity (Wildman–Crippen MR) is 247 cm³/mol. The van der Waals surface area contributed by atoms with Crippen molar-refractivity contribution in [1.29, 1.82) is 0 Å². The summed E-state index contributed by atoms with van der Waals surface area (Å²) in [5.74, 6) is 0. The lowest BCUT2D eigenvalue weighted by atomic mass is 9.77. The van der Waals surface area contributed by atoms with Gasteiger partial charge in [-0.15, -0.1) is 0 Å². The van der Waals surface area contributed by atoms with Crippen LogP contribution in [0.4, 0.5) is 0 Å². The second-order valence-corrected chi connectivity index (χ2v) is 16.7. The Labute approximate surface area is 339 Å². The molecule has 0 aromatic heterocycles. The van der Waals surface area contributed by atoms with Crippen molar-refractivity contribution in [3.8, 4) is 66.8 Å². The van der Waals surface area contributed by atoms with Gasteiger partial charge < -0.3 is 0 Å². The van der Waals surface area contributed by atoms with Crippen molar-refractivity contribution in [1.82, 2.24) is 0 Å². The van der Waals surface area contributed by atoms with Gasteiger partial charge in [0.15, 0.2) is 0 Å². The van der Waals surface area contributed by atoms with Crippen LogP contribution < -0.4 is 0 Å². The third-order valence-corrected chi connectivity index (χ3v) is 13.3. The van der Waals surface area contributed by atoms with E-state index in [1.54, 1.807) is 0 Å². The maximum Gasteiger partial charge on any atom is 0.0171 e. The molecule has 2 aliphatic rings. The van der Waals surface area contributed by atoms with Crippen molar-refractivity contribution in [3.05, 3.63) is 216 Å². The average molecular weight is 737 g/mol. The topological polar surface area (TPSA) is 0 Å². The Hall–Kier alpha value is -7.02. The first-order chi connectivity index (χ1) is 28.6. The molecule has 12 rings (SSSR count). The molecule has 0 saturated carbocycles. The molecule has 0 spiro atoms. The molecular weight excluding hydrogens is 697 g/mol. The molecule has 0 bridgehead atoms. The Morgan fingerprint density at radius 1 is 0.328 bits per heavy atom. The van der Waals surface area contributed by atoms with Gasteiger partial charge in [-0.1, -0.05) is 202 Å². The van der Waals surface area contributed by atoms with Gasteiger partial charge >= 0.3 is 0 Å². The van der Waals surface area contributed by atoms with Crippen LogP contribution in [0.15, 0.2) is 194 Å². The van der Waals surface area contributed by atoms with Gasteiger partial charge in [0, 0.05) is 5.41 Å². The minimum atomic E-state index is -0.159. The molecular formula is C58H40. The summed E-state index contributed by atoms with van der Waals surface area (Å²) in [6.45, 7) is 4.83. The average Bonchev–Trinajstić information content (AvgIpc) is 3.78. The van der Waals surface area contributed by atoms with Crippen molar-refractivity contribution in [2.75, 3.05) is 0 Å². The fourth-order valence-corrected chi connectivity index (χ4v) is 10.9. The molecule has 0 amide bonds. The normalized spacial score (nSPS) is 13.4. The van der Waals surface area contributed by atoms with Gasteiger partial charge in [0.2, 0.25) is 0 Å². The zero-order valence-corrected chi connectivity index (χ0v) is 32.7. The highest BCUT2D eigenvalue weighted by Gasteiger charge is 2.39. The van der Waals surface area contributed by atoms with Crippen LogP contribution >= 0.6 is 0 Å². The molecule has 2 aliphatic carbocycles. The maximum atomic E-state index is 2.44. The van der Waals surface area contributed by atoms with Gasteiger partial charge in [0.05, 0.1) is 0 Å². The lowest BCUT2D eigenvalue weighted by molar-refractivity contribution is 0.668. The van der Waals surface area contributed by atoms with Crippen molar-refractivity contribution < 1.29 is 0 Å². The predicted octanol–water partition coefficient (Wildman–Crippen LogP) is 15.7. The minimum absolute atomic E-state index is 0.159. The number of fused-ring (bicyclic) bond motifs is 10. The summed E-state index contributed by atoms with van der Waals surface area (Å²) >= 11 is 0. The Bertz CT molecular complexity index is 3280. The van der Waals surface area contributed by atoms with E-state index in [4.69, 9.17) is 0 Å². The molecule has 0 aliphatic heterocycles. The number of hydrogen-bond donors (Lipinski definition) is 0. The minimum Gasteiger partial charge on any atom is -0.0619 e. The van der Waals surface area contributed by atoms with Crippen LogP contribution in [-0.4, -0.2) is 0 Å². The Morgan fingerprint density at radius 2 is 0.828 bits per heavy atom. The molecule has 0 heterocycles. The first-order valence-electron chi connectivity index (χ1n) is 20.6. The molecule has 10 aromatic carbocycles. The molecule has 272 valence electrons. The summed E-state index contributed by atoms with van der Waals surface area (Å²) in [5, 5.41) is 7.73. The quantitative estimate of drug-likeness (QED) is 0.158. The summed E-state index contributed by atoms with van der Waals surface area (Å²) in [7, 11) is 0. The zero-order valence-electron chi connectivity index (χ0n) is 32.7. The van der Waals surface area contributed by atoms with E-state index in [0.717, 1.165) is 6.42 Å². The van der Waals surface area contributed by atoms with Gasteiger partial charge in [-0.05, 0) is 134 Å². The largest absolute Gasteiger partial charge is 0.0619 e. The smallest absolute Gasteiger partial charge is 0.0171 e. The molecule has 0 N–H and O–H groups in total. The van der Waals surface area contributed by atoms with E-state index < -0.39 is 0 Å². The van der Waals surface area contributed by atoms with E-state index in [2.05, 4.69) is 208 Å². The van der Waals surface area contributed by atoms with E-state index in [9.17, 15) is 0 Å². The second kappa shape index (κ2) is 12.5. The van der Waals surface area contributed by atoms with Crippen LogP contribution in [0.5, 0.6) is 0 Å². The summed E-state index contributed by atoms with van der Waals surface area (Å²) in [6.07, 6.45) is 0.956. The van der Waals surface area contributed by atoms with Crippen LogP contribution in [0.1, 0.15) is 36.1 Å². The lowest BCUT2D eigenvalue weighted by Crippen LogP contribution is -2.16. The first kappa shape index (κ1) is 33.2. The second-order valence-electron chi connectivity index (χ2n) is 16.7. The highest BCUT2D eigenvalue weighted by atomic mass is 14.4. The monoisotopic (exact) mass is 736 g/mol. The van der Waals surface area contributed by atoms with E-state index in [-0.39, 0.29) is 5.41 Å². The zero-order chi connectivity index (χ0) is 38.5. The molecule has 0 radical (unpaired) electrons. The van der Waals surface area contributed by atoms with E-state index >= 15 is 0 Å². The molecule has 0 saturated heterocycles. The van der Waals surface area contributed by atoms with Gasteiger partial charge in [-0.3, -0.25) is 0 Å². The lowest BCUT2D eigenvalue weighted by Gasteiger charge is -2.26. The standard InChI is InChI=1S/C58H40/c1-58(2)56-41-21-6-3-16-36(41)32-33-52(56)51-31-14-28-42(57(51)58)37-18-13-19-39(34-37)54-47-24-9-11-26-49(47)55(50-27-12-10-25-48(50)54)46-23-8-7-22-44(46)45-30-15-29-43-40-20-5-4-17-38(40)35-53(43)45/h3-34H,35H2,1-2H3. The Balaban J connectivity index is 1.06.